The van der Waals surface area contributed by atoms with Gasteiger partial charge in [0.1, 0.15) is 6.10 Å². The molecule has 2 atom stereocenters. The Kier molecular flexibility index (Phi) is 3.29. The monoisotopic (exact) mass is 253 g/mol. The molecule has 92 valence electrons. The van der Waals surface area contributed by atoms with E-state index in [0.29, 0.717) is 5.02 Å². The van der Waals surface area contributed by atoms with Crippen LogP contribution in [0, 0.1) is 0 Å². The first-order valence-electron chi connectivity index (χ1n) is 5.75. The Labute approximate surface area is 106 Å². The summed E-state index contributed by atoms with van der Waals surface area (Å²) >= 11 is 5.95. The molecule has 1 heterocycles. The molecule has 0 saturated carbocycles. The van der Waals surface area contributed by atoms with Gasteiger partial charge in [0.05, 0.1) is 6.04 Å². The van der Waals surface area contributed by atoms with Crippen LogP contribution in [0.4, 0.5) is 4.79 Å². The highest BCUT2D eigenvalue weighted by atomic mass is 35.5. The van der Waals surface area contributed by atoms with E-state index in [1.54, 1.807) is 4.90 Å². The van der Waals surface area contributed by atoms with Crippen LogP contribution in [0.2, 0.25) is 5.02 Å². The molecule has 17 heavy (non-hydrogen) atoms. The van der Waals surface area contributed by atoms with Crippen LogP contribution in [0.1, 0.15) is 32.4 Å². The molecular weight excluding hydrogens is 238 g/mol. The van der Waals surface area contributed by atoms with Crippen LogP contribution in [0.3, 0.4) is 0 Å². The lowest BCUT2D eigenvalue weighted by molar-refractivity contribution is 0.129. The molecule has 0 radical (unpaired) electrons. The normalized spacial score (nSPS) is 24.3. The molecule has 3 nitrogen and oxygen atoms in total. The Balaban J connectivity index is 2.27. The maximum absolute atomic E-state index is 11.8. The van der Waals surface area contributed by atoms with Crippen LogP contribution < -0.4 is 0 Å². The third-order valence-electron chi connectivity index (χ3n) is 3.05. The minimum Gasteiger partial charge on any atom is -0.439 e. The van der Waals surface area contributed by atoms with Crippen molar-refractivity contribution >= 4 is 17.7 Å². The second-order valence-electron chi connectivity index (χ2n) is 4.60. The van der Waals surface area contributed by atoms with Crippen molar-refractivity contribution in [1.82, 2.24) is 4.90 Å². The van der Waals surface area contributed by atoms with Crippen molar-refractivity contribution < 1.29 is 9.53 Å². The van der Waals surface area contributed by atoms with Crippen molar-refractivity contribution in [3.8, 4) is 0 Å². The maximum Gasteiger partial charge on any atom is 0.411 e. The summed E-state index contributed by atoms with van der Waals surface area (Å²) in [6, 6.07) is 7.63. The van der Waals surface area contributed by atoms with Crippen molar-refractivity contribution in [2.75, 3.05) is 0 Å². The molecule has 2 rings (SSSR count). The largest absolute Gasteiger partial charge is 0.439 e. The topological polar surface area (TPSA) is 29.5 Å². The van der Waals surface area contributed by atoms with Crippen molar-refractivity contribution in [3.05, 3.63) is 34.9 Å². The number of hydrogen-bond acceptors (Lipinski definition) is 2. The number of rotatable bonds is 2. The highest BCUT2D eigenvalue weighted by Gasteiger charge is 2.40. The molecule has 1 aliphatic rings. The highest BCUT2D eigenvalue weighted by molar-refractivity contribution is 6.30. The van der Waals surface area contributed by atoms with E-state index in [-0.39, 0.29) is 24.3 Å². The minimum atomic E-state index is -0.252. The smallest absolute Gasteiger partial charge is 0.411 e. The van der Waals surface area contributed by atoms with Crippen LogP contribution >= 0.6 is 11.6 Å². The van der Waals surface area contributed by atoms with Crippen molar-refractivity contribution in [2.24, 2.45) is 0 Å². The quantitative estimate of drug-likeness (QED) is 0.806. The molecule has 1 aromatic rings. The number of nitrogens with zero attached hydrogens (tertiary/aromatic N) is 1. The van der Waals surface area contributed by atoms with Crippen LogP contribution in [-0.2, 0) is 4.74 Å². The summed E-state index contributed by atoms with van der Waals surface area (Å²) in [5.74, 6) is 0. The molecule has 0 unspecified atom stereocenters. The average molecular weight is 254 g/mol. The van der Waals surface area contributed by atoms with Gasteiger partial charge in [-0.15, -0.1) is 0 Å². The standard InChI is InChI=1S/C13H16ClNO2/c1-8(2)15-9(3)12(17-13(15)16)10-5-4-6-11(14)7-10/h4-9,12H,1-3H3/t9-,12-/m0/s1. The van der Waals surface area contributed by atoms with Crippen molar-refractivity contribution in [1.29, 1.82) is 0 Å². The molecule has 0 aromatic heterocycles. The van der Waals surface area contributed by atoms with Crippen molar-refractivity contribution in [2.45, 2.75) is 39.0 Å². The molecule has 0 aliphatic carbocycles. The summed E-state index contributed by atoms with van der Waals surface area (Å²) in [4.78, 5) is 13.5. The molecule has 0 N–H and O–H groups in total. The second kappa shape index (κ2) is 4.57. The third kappa shape index (κ3) is 2.25. The first kappa shape index (κ1) is 12.2. The zero-order valence-electron chi connectivity index (χ0n) is 10.2. The zero-order valence-corrected chi connectivity index (χ0v) is 10.9. The van der Waals surface area contributed by atoms with E-state index in [9.17, 15) is 4.79 Å². The molecule has 1 aliphatic heterocycles. The van der Waals surface area contributed by atoms with E-state index >= 15 is 0 Å². The van der Waals surface area contributed by atoms with Crippen LogP contribution in [0.25, 0.3) is 0 Å². The highest BCUT2D eigenvalue weighted by Crippen LogP contribution is 2.34. The number of carbonyl (C=O) groups excluding carboxylic acids is 1. The van der Waals surface area contributed by atoms with E-state index in [0.717, 1.165) is 5.56 Å². The Morgan fingerprint density at radius 2 is 2.12 bits per heavy atom. The van der Waals surface area contributed by atoms with Gasteiger partial charge in [-0.25, -0.2) is 4.79 Å². The van der Waals surface area contributed by atoms with Crippen molar-refractivity contribution in [3.63, 3.8) is 0 Å². The molecular formula is C13H16ClNO2. The van der Waals surface area contributed by atoms with Gasteiger partial charge in [-0.2, -0.15) is 0 Å². The molecule has 0 spiro atoms. The zero-order chi connectivity index (χ0) is 12.6. The summed E-state index contributed by atoms with van der Waals surface area (Å²) in [6.07, 6.45) is -0.485. The van der Waals surface area contributed by atoms with Crippen LogP contribution in [0.15, 0.2) is 24.3 Å². The first-order chi connectivity index (χ1) is 8.00. The van der Waals surface area contributed by atoms with Gasteiger partial charge in [-0.1, -0.05) is 23.7 Å². The number of amides is 1. The fourth-order valence-electron chi connectivity index (χ4n) is 2.29. The van der Waals surface area contributed by atoms with Gasteiger partial charge < -0.3 is 4.74 Å². The number of benzene rings is 1. The van der Waals surface area contributed by atoms with E-state index in [1.165, 1.54) is 0 Å². The Morgan fingerprint density at radius 3 is 2.65 bits per heavy atom. The molecule has 0 bridgehead atoms. The van der Waals surface area contributed by atoms with Gasteiger partial charge in [-0.3, -0.25) is 4.90 Å². The van der Waals surface area contributed by atoms with E-state index in [4.69, 9.17) is 16.3 Å². The van der Waals surface area contributed by atoms with Gasteiger partial charge in [0.15, 0.2) is 0 Å². The summed E-state index contributed by atoms with van der Waals surface area (Å²) in [5.41, 5.74) is 0.946. The summed E-state index contributed by atoms with van der Waals surface area (Å²) in [7, 11) is 0. The van der Waals surface area contributed by atoms with E-state index in [2.05, 4.69) is 0 Å². The number of cyclic esters (lactones) is 1. The summed E-state index contributed by atoms with van der Waals surface area (Å²) in [5, 5.41) is 0.661. The molecule has 1 fully saturated rings. The van der Waals surface area contributed by atoms with Gasteiger partial charge in [0.2, 0.25) is 0 Å². The number of carbonyl (C=O) groups is 1. The SMILES string of the molecule is CC(C)N1C(=O)O[C@H](c2cccc(Cl)c2)[C@@H]1C. The van der Waals surface area contributed by atoms with E-state index < -0.39 is 0 Å². The Hall–Kier alpha value is -1.22. The fourth-order valence-corrected chi connectivity index (χ4v) is 2.49. The Bertz CT molecular complexity index is 433. The average Bonchev–Trinajstić information content (AvgIpc) is 2.54. The minimum absolute atomic E-state index is 0.0287. The van der Waals surface area contributed by atoms with Gasteiger partial charge >= 0.3 is 6.09 Å². The maximum atomic E-state index is 11.8. The molecule has 1 aromatic carbocycles. The second-order valence-corrected chi connectivity index (χ2v) is 5.04. The predicted octanol–water partition coefficient (Wildman–Crippen LogP) is 3.63. The van der Waals surface area contributed by atoms with Crippen LogP contribution in [0.5, 0.6) is 0 Å². The molecule has 1 saturated heterocycles. The number of ether oxygens (including phenoxy) is 1. The summed E-state index contributed by atoms with van der Waals surface area (Å²) in [6.45, 7) is 5.96. The predicted molar refractivity (Wildman–Crippen MR) is 67.1 cm³/mol. The van der Waals surface area contributed by atoms with Gasteiger partial charge in [0.25, 0.3) is 0 Å². The van der Waals surface area contributed by atoms with E-state index in [1.807, 2.05) is 45.0 Å². The van der Waals surface area contributed by atoms with Crippen LogP contribution in [-0.4, -0.2) is 23.1 Å². The third-order valence-corrected chi connectivity index (χ3v) is 3.28. The van der Waals surface area contributed by atoms with Gasteiger partial charge in [0, 0.05) is 11.1 Å². The summed E-state index contributed by atoms with van der Waals surface area (Å²) < 4.78 is 5.42. The lowest BCUT2D eigenvalue weighted by Gasteiger charge is -2.24. The lowest BCUT2D eigenvalue weighted by Crippen LogP contribution is -2.37. The Morgan fingerprint density at radius 1 is 1.41 bits per heavy atom. The number of halogens is 1. The molecule has 4 heteroatoms. The number of hydrogen-bond donors (Lipinski definition) is 0. The van der Waals surface area contributed by atoms with Gasteiger partial charge in [-0.05, 0) is 38.5 Å². The fraction of sp³-hybridized carbons (Fsp3) is 0.462. The molecule has 1 amide bonds. The lowest BCUT2D eigenvalue weighted by atomic mass is 10.0. The first-order valence-corrected chi connectivity index (χ1v) is 6.13.